The zero-order chi connectivity index (χ0) is 5.40. The van der Waals surface area contributed by atoms with Crippen molar-refractivity contribution >= 4 is 0 Å². The summed E-state index contributed by atoms with van der Waals surface area (Å²) in [5, 5.41) is 0. The monoisotopic (exact) mass is 107 g/mol. The van der Waals surface area contributed by atoms with Crippen molar-refractivity contribution in [2.45, 2.75) is 19.3 Å². The summed E-state index contributed by atoms with van der Waals surface area (Å²) in [5.74, 6) is 0. The van der Waals surface area contributed by atoms with Gasteiger partial charge in [0.2, 0.25) is 0 Å². The van der Waals surface area contributed by atoms with E-state index in [4.69, 9.17) is 4.42 Å². The molecular formula is C7H7O. The molecule has 41 valence electrons. The van der Waals surface area contributed by atoms with Crippen molar-refractivity contribution in [2.24, 2.45) is 0 Å². The van der Waals surface area contributed by atoms with Crippen molar-refractivity contribution in [1.29, 1.82) is 0 Å². The third-order valence-electron chi connectivity index (χ3n) is 1.64. The van der Waals surface area contributed by atoms with Crippen LogP contribution in [0.3, 0.4) is 0 Å². The molecule has 0 aromatic carbocycles. The Bertz CT molecular complexity index is 170. The molecule has 0 aliphatic heterocycles. The first-order chi connectivity index (χ1) is 3.97. The second-order valence-electron chi connectivity index (χ2n) is 2.20. The van der Waals surface area contributed by atoms with E-state index in [1.807, 2.05) is 6.26 Å². The standard InChI is InChI=1S/C7H7O/c1-2-6-4-8-5-7(6)3-1/h4H,1-3H2. The highest BCUT2D eigenvalue weighted by Gasteiger charge is 2.11. The topological polar surface area (TPSA) is 13.1 Å². The fourth-order valence-corrected chi connectivity index (χ4v) is 1.19. The average molecular weight is 107 g/mol. The van der Waals surface area contributed by atoms with Crippen molar-refractivity contribution in [3.05, 3.63) is 23.7 Å². The summed E-state index contributed by atoms with van der Waals surface area (Å²) in [4.78, 5) is 0. The van der Waals surface area contributed by atoms with Gasteiger partial charge in [0, 0.05) is 5.56 Å². The van der Waals surface area contributed by atoms with E-state index < -0.39 is 0 Å². The van der Waals surface area contributed by atoms with Gasteiger partial charge in [0.15, 0.2) is 6.26 Å². The SMILES string of the molecule is [c]1occ2c1CCC2. The molecule has 0 spiro atoms. The highest BCUT2D eigenvalue weighted by Crippen LogP contribution is 2.20. The predicted octanol–water partition coefficient (Wildman–Crippen LogP) is 1.57. The van der Waals surface area contributed by atoms with Crippen molar-refractivity contribution in [3.63, 3.8) is 0 Å². The Morgan fingerprint density at radius 3 is 3.38 bits per heavy atom. The summed E-state index contributed by atoms with van der Waals surface area (Å²) in [7, 11) is 0. The van der Waals surface area contributed by atoms with E-state index in [1.165, 1.54) is 30.4 Å². The molecule has 1 aliphatic carbocycles. The lowest BCUT2D eigenvalue weighted by Gasteiger charge is -1.76. The normalized spacial score (nSPS) is 16.5. The molecule has 0 atom stereocenters. The lowest BCUT2D eigenvalue weighted by atomic mass is 10.2. The van der Waals surface area contributed by atoms with Gasteiger partial charge in [-0.25, -0.2) is 0 Å². The van der Waals surface area contributed by atoms with Crippen molar-refractivity contribution in [2.75, 3.05) is 0 Å². The molecule has 1 aliphatic rings. The minimum Gasteiger partial charge on any atom is -0.460 e. The van der Waals surface area contributed by atoms with Crippen LogP contribution < -0.4 is 0 Å². The van der Waals surface area contributed by atoms with E-state index in [1.54, 1.807) is 0 Å². The Hall–Kier alpha value is -0.720. The number of aryl methyl sites for hydroxylation is 2. The molecule has 0 N–H and O–H groups in total. The highest BCUT2D eigenvalue weighted by molar-refractivity contribution is 5.24. The van der Waals surface area contributed by atoms with Gasteiger partial charge in [-0.1, -0.05) is 0 Å². The number of hydrogen-bond donors (Lipinski definition) is 0. The van der Waals surface area contributed by atoms with Crippen LogP contribution in [0, 0.1) is 6.26 Å². The molecule has 0 saturated carbocycles. The molecule has 0 unspecified atom stereocenters. The fourth-order valence-electron chi connectivity index (χ4n) is 1.19. The van der Waals surface area contributed by atoms with E-state index in [-0.39, 0.29) is 0 Å². The average Bonchev–Trinajstić information content (AvgIpc) is 2.15. The summed E-state index contributed by atoms with van der Waals surface area (Å²) in [6, 6.07) is 0. The number of rotatable bonds is 0. The number of fused-ring (bicyclic) bond motifs is 1. The summed E-state index contributed by atoms with van der Waals surface area (Å²) in [6.07, 6.45) is 8.31. The first kappa shape index (κ1) is 4.19. The second kappa shape index (κ2) is 1.38. The van der Waals surface area contributed by atoms with Gasteiger partial charge in [-0.15, -0.1) is 0 Å². The molecule has 1 nitrogen and oxygen atoms in total. The van der Waals surface area contributed by atoms with E-state index in [2.05, 4.69) is 6.26 Å². The van der Waals surface area contributed by atoms with Crippen LogP contribution in [0.2, 0.25) is 0 Å². The molecule has 1 aromatic rings. The maximum Gasteiger partial charge on any atom is 0.172 e. The highest BCUT2D eigenvalue weighted by atomic mass is 16.3. The molecule has 8 heavy (non-hydrogen) atoms. The van der Waals surface area contributed by atoms with Crippen LogP contribution in [-0.4, -0.2) is 0 Å². The predicted molar refractivity (Wildman–Crippen MR) is 29.6 cm³/mol. The Labute approximate surface area is 48.3 Å². The Morgan fingerprint density at radius 2 is 2.50 bits per heavy atom. The first-order valence-corrected chi connectivity index (χ1v) is 2.94. The fraction of sp³-hybridized carbons (Fsp3) is 0.429. The molecule has 1 aromatic heterocycles. The van der Waals surface area contributed by atoms with E-state index in [9.17, 15) is 0 Å². The van der Waals surface area contributed by atoms with Crippen LogP contribution in [0.15, 0.2) is 10.7 Å². The summed E-state index contributed by atoms with van der Waals surface area (Å²) in [6.45, 7) is 0. The zero-order valence-electron chi connectivity index (χ0n) is 4.61. The van der Waals surface area contributed by atoms with Gasteiger partial charge in [-0.3, -0.25) is 0 Å². The molecule has 1 heteroatoms. The Morgan fingerprint density at radius 1 is 1.50 bits per heavy atom. The minimum absolute atomic E-state index is 1.17. The van der Waals surface area contributed by atoms with Gasteiger partial charge in [0.1, 0.15) is 0 Å². The summed E-state index contributed by atoms with van der Waals surface area (Å²) >= 11 is 0. The van der Waals surface area contributed by atoms with E-state index in [0.29, 0.717) is 0 Å². The quantitative estimate of drug-likeness (QED) is 0.490. The van der Waals surface area contributed by atoms with Crippen molar-refractivity contribution in [1.82, 2.24) is 0 Å². The zero-order valence-corrected chi connectivity index (χ0v) is 4.61. The smallest absolute Gasteiger partial charge is 0.172 e. The van der Waals surface area contributed by atoms with Gasteiger partial charge >= 0.3 is 0 Å². The van der Waals surface area contributed by atoms with Crippen LogP contribution >= 0.6 is 0 Å². The lowest BCUT2D eigenvalue weighted by Crippen LogP contribution is -1.67. The Kier molecular flexibility index (Phi) is 0.720. The summed E-state index contributed by atoms with van der Waals surface area (Å²) < 4.78 is 4.86. The Balaban J connectivity index is 2.54. The third-order valence-corrected chi connectivity index (χ3v) is 1.64. The van der Waals surface area contributed by atoms with Gasteiger partial charge in [-0.2, -0.15) is 0 Å². The molecule has 0 saturated heterocycles. The molecule has 1 radical (unpaired) electrons. The molecule has 1 heterocycles. The van der Waals surface area contributed by atoms with Gasteiger partial charge < -0.3 is 4.42 Å². The molecule has 0 fully saturated rings. The van der Waals surface area contributed by atoms with Crippen LogP contribution in [0.1, 0.15) is 17.5 Å². The maximum atomic E-state index is 4.86. The van der Waals surface area contributed by atoms with Gasteiger partial charge in [0.05, 0.1) is 6.26 Å². The van der Waals surface area contributed by atoms with E-state index >= 15 is 0 Å². The van der Waals surface area contributed by atoms with Crippen LogP contribution in [0.4, 0.5) is 0 Å². The van der Waals surface area contributed by atoms with Gasteiger partial charge in [0.25, 0.3) is 0 Å². The minimum atomic E-state index is 1.17. The lowest BCUT2D eigenvalue weighted by molar-refractivity contribution is 0.547. The number of furan rings is 1. The summed E-state index contributed by atoms with van der Waals surface area (Å²) in [5.41, 5.74) is 2.66. The largest absolute Gasteiger partial charge is 0.460 e. The van der Waals surface area contributed by atoms with E-state index in [0.717, 1.165) is 0 Å². The van der Waals surface area contributed by atoms with Crippen LogP contribution in [-0.2, 0) is 12.8 Å². The molecule has 2 rings (SSSR count). The second-order valence-corrected chi connectivity index (χ2v) is 2.20. The van der Waals surface area contributed by atoms with Crippen LogP contribution in [0.5, 0.6) is 0 Å². The van der Waals surface area contributed by atoms with Crippen molar-refractivity contribution < 1.29 is 4.42 Å². The van der Waals surface area contributed by atoms with Gasteiger partial charge in [-0.05, 0) is 24.8 Å². The molecule has 0 bridgehead atoms. The maximum absolute atomic E-state index is 4.86. The van der Waals surface area contributed by atoms with Crippen molar-refractivity contribution in [3.8, 4) is 0 Å². The number of hydrogen-bond acceptors (Lipinski definition) is 1. The molecular weight excluding hydrogens is 100 g/mol. The van der Waals surface area contributed by atoms with Crippen LogP contribution in [0.25, 0.3) is 0 Å². The third kappa shape index (κ3) is 0.414. The first-order valence-electron chi connectivity index (χ1n) is 2.94. The molecule has 0 amide bonds.